The smallest absolute Gasteiger partial charge is 0.251 e. The summed E-state index contributed by atoms with van der Waals surface area (Å²) in [5.41, 5.74) is 1.70. The molecule has 2 aliphatic rings. The number of nitrogens with one attached hydrogen (secondary N) is 1. The van der Waals surface area contributed by atoms with Crippen LogP contribution in [0.1, 0.15) is 36.5 Å². The van der Waals surface area contributed by atoms with Crippen molar-refractivity contribution in [3.05, 3.63) is 23.8 Å². The van der Waals surface area contributed by atoms with E-state index in [0.29, 0.717) is 12.6 Å². The summed E-state index contributed by atoms with van der Waals surface area (Å²) >= 11 is 1.70. The molecule has 0 spiro atoms. The van der Waals surface area contributed by atoms with E-state index in [9.17, 15) is 4.79 Å². The maximum Gasteiger partial charge on any atom is 0.251 e. The number of hydrogen-bond donors (Lipinski definition) is 1. The van der Waals surface area contributed by atoms with E-state index in [2.05, 4.69) is 22.0 Å². The van der Waals surface area contributed by atoms with Gasteiger partial charge >= 0.3 is 0 Å². The number of anilines is 1. The highest BCUT2D eigenvalue weighted by Gasteiger charge is 2.27. The lowest BCUT2D eigenvalue weighted by molar-refractivity contribution is 0.0115. The Morgan fingerprint density at radius 2 is 2.04 bits per heavy atom. The minimum absolute atomic E-state index is 0.0000236. The molecule has 2 aromatic rings. The number of aromatic nitrogens is 1. The predicted molar refractivity (Wildman–Crippen MR) is 110 cm³/mol. The number of morpholine rings is 1. The molecule has 2 aliphatic heterocycles. The predicted octanol–water partition coefficient (Wildman–Crippen LogP) is 2.74. The summed E-state index contributed by atoms with van der Waals surface area (Å²) in [5.74, 6) is 0.0000236. The van der Waals surface area contributed by atoms with Gasteiger partial charge in [0.1, 0.15) is 0 Å². The highest BCUT2D eigenvalue weighted by atomic mass is 32.1. The number of piperidine rings is 1. The number of nitrogens with zero attached hydrogens (tertiary/aromatic N) is 3. The number of fused-ring (bicyclic) bond motifs is 1. The summed E-state index contributed by atoms with van der Waals surface area (Å²) < 4.78 is 6.56. The van der Waals surface area contributed by atoms with Gasteiger partial charge in [-0.25, -0.2) is 4.98 Å². The van der Waals surface area contributed by atoms with Gasteiger partial charge in [-0.15, -0.1) is 0 Å². The van der Waals surface area contributed by atoms with Crippen LogP contribution in [-0.2, 0) is 4.74 Å². The van der Waals surface area contributed by atoms with Crippen molar-refractivity contribution in [1.29, 1.82) is 0 Å². The fourth-order valence-electron chi connectivity index (χ4n) is 3.89. The van der Waals surface area contributed by atoms with Crippen LogP contribution in [0.25, 0.3) is 10.2 Å². The quantitative estimate of drug-likeness (QED) is 0.854. The van der Waals surface area contributed by atoms with E-state index in [1.165, 1.54) is 12.8 Å². The highest BCUT2D eigenvalue weighted by Crippen LogP contribution is 2.32. The second-order valence-corrected chi connectivity index (χ2v) is 8.31. The molecule has 6 nitrogen and oxygen atoms in total. The van der Waals surface area contributed by atoms with Gasteiger partial charge in [-0.2, -0.15) is 0 Å². The SMILES string of the molecule is CCCNC(=O)c1ccc2nc(N3CCC(N4CCOCC4)CC3)sc2c1. The largest absolute Gasteiger partial charge is 0.379 e. The molecular formula is C20H28N4O2S. The van der Waals surface area contributed by atoms with Crippen LogP contribution in [0, 0.1) is 0 Å². The fourth-order valence-corrected chi connectivity index (χ4v) is 4.95. The minimum atomic E-state index is 0.0000236. The number of rotatable bonds is 5. The first-order valence-electron chi connectivity index (χ1n) is 10.00. The van der Waals surface area contributed by atoms with Crippen molar-refractivity contribution in [3.8, 4) is 0 Å². The summed E-state index contributed by atoms with van der Waals surface area (Å²) in [6.07, 6.45) is 3.31. The summed E-state index contributed by atoms with van der Waals surface area (Å²) in [5, 5.41) is 4.02. The van der Waals surface area contributed by atoms with Crippen LogP contribution in [0.15, 0.2) is 18.2 Å². The maximum absolute atomic E-state index is 12.2. The number of carbonyl (C=O) groups is 1. The monoisotopic (exact) mass is 388 g/mol. The Kier molecular flexibility index (Phi) is 5.90. The second kappa shape index (κ2) is 8.54. The van der Waals surface area contributed by atoms with Crippen molar-refractivity contribution in [2.75, 3.05) is 50.8 Å². The third kappa shape index (κ3) is 4.25. The lowest BCUT2D eigenvalue weighted by atomic mass is 10.0. The topological polar surface area (TPSA) is 57.7 Å². The summed E-state index contributed by atoms with van der Waals surface area (Å²) in [4.78, 5) is 22.0. The van der Waals surface area contributed by atoms with Crippen molar-refractivity contribution < 1.29 is 9.53 Å². The fraction of sp³-hybridized carbons (Fsp3) is 0.600. The van der Waals surface area contributed by atoms with Gasteiger partial charge in [0.25, 0.3) is 5.91 Å². The molecule has 7 heteroatoms. The number of amides is 1. The van der Waals surface area contributed by atoms with E-state index in [1.807, 2.05) is 18.2 Å². The Labute approximate surface area is 164 Å². The van der Waals surface area contributed by atoms with Crippen LogP contribution in [0.4, 0.5) is 5.13 Å². The molecule has 0 radical (unpaired) electrons. The lowest BCUT2D eigenvalue weighted by Crippen LogP contribution is -2.49. The Balaban J connectivity index is 1.41. The normalized spacial score (nSPS) is 19.5. The number of carbonyl (C=O) groups excluding carboxylic acids is 1. The Bertz CT molecular complexity index is 779. The molecule has 1 amide bonds. The standard InChI is InChI=1S/C20H28N4O2S/c1-2-7-21-19(25)15-3-4-17-18(14-15)27-20(22-17)24-8-5-16(6-9-24)23-10-12-26-13-11-23/h3-4,14,16H,2,5-13H2,1H3,(H,21,25). The Morgan fingerprint density at radius 1 is 1.26 bits per heavy atom. The maximum atomic E-state index is 12.2. The van der Waals surface area contributed by atoms with Crippen LogP contribution >= 0.6 is 11.3 Å². The van der Waals surface area contributed by atoms with Gasteiger partial charge in [0, 0.05) is 44.3 Å². The summed E-state index contributed by atoms with van der Waals surface area (Å²) in [7, 11) is 0. The zero-order valence-electron chi connectivity index (χ0n) is 15.9. The van der Waals surface area contributed by atoms with E-state index in [4.69, 9.17) is 9.72 Å². The summed E-state index contributed by atoms with van der Waals surface area (Å²) in [6, 6.07) is 6.49. The highest BCUT2D eigenvalue weighted by molar-refractivity contribution is 7.22. The van der Waals surface area contributed by atoms with Crippen molar-refractivity contribution in [2.24, 2.45) is 0 Å². The molecule has 0 saturated carbocycles. The van der Waals surface area contributed by atoms with Crippen LogP contribution in [0.3, 0.4) is 0 Å². The average Bonchev–Trinajstić information content (AvgIpc) is 3.16. The van der Waals surface area contributed by atoms with Gasteiger partial charge < -0.3 is 15.0 Å². The first-order valence-corrected chi connectivity index (χ1v) is 10.8. The number of ether oxygens (including phenoxy) is 1. The van der Waals surface area contributed by atoms with Gasteiger partial charge in [-0.3, -0.25) is 9.69 Å². The van der Waals surface area contributed by atoms with Crippen molar-refractivity contribution >= 4 is 32.6 Å². The first kappa shape index (κ1) is 18.7. The molecule has 27 heavy (non-hydrogen) atoms. The molecule has 0 aliphatic carbocycles. The molecule has 0 bridgehead atoms. The van der Waals surface area contributed by atoms with Crippen molar-refractivity contribution in [2.45, 2.75) is 32.2 Å². The third-order valence-corrected chi connectivity index (χ3v) is 6.55. The van der Waals surface area contributed by atoms with E-state index in [1.54, 1.807) is 11.3 Å². The van der Waals surface area contributed by atoms with Gasteiger partial charge in [0.15, 0.2) is 5.13 Å². The zero-order valence-corrected chi connectivity index (χ0v) is 16.8. The second-order valence-electron chi connectivity index (χ2n) is 7.30. The van der Waals surface area contributed by atoms with Gasteiger partial charge in [-0.1, -0.05) is 18.3 Å². The van der Waals surface area contributed by atoms with Crippen LogP contribution in [0.2, 0.25) is 0 Å². The molecule has 2 saturated heterocycles. The van der Waals surface area contributed by atoms with Gasteiger partial charge in [-0.05, 0) is 37.5 Å². The molecule has 1 N–H and O–H groups in total. The molecule has 146 valence electrons. The van der Waals surface area contributed by atoms with Crippen molar-refractivity contribution in [1.82, 2.24) is 15.2 Å². The van der Waals surface area contributed by atoms with Crippen molar-refractivity contribution in [3.63, 3.8) is 0 Å². The van der Waals surface area contributed by atoms with Gasteiger partial charge in [0.2, 0.25) is 0 Å². The molecule has 3 heterocycles. The van der Waals surface area contributed by atoms with Gasteiger partial charge in [0.05, 0.1) is 23.4 Å². The molecule has 0 atom stereocenters. The van der Waals surface area contributed by atoms with Crippen LogP contribution in [0.5, 0.6) is 0 Å². The minimum Gasteiger partial charge on any atom is -0.379 e. The average molecular weight is 389 g/mol. The summed E-state index contributed by atoms with van der Waals surface area (Å²) in [6.45, 7) is 8.73. The van der Waals surface area contributed by atoms with E-state index >= 15 is 0 Å². The number of thiazole rings is 1. The molecule has 0 unspecified atom stereocenters. The molecular weight excluding hydrogens is 360 g/mol. The lowest BCUT2D eigenvalue weighted by Gasteiger charge is -2.40. The van der Waals surface area contributed by atoms with E-state index < -0.39 is 0 Å². The third-order valence-electron chi connectivity index (χ3n) is 5.47. The molecule has 1 aromatic heterocycles. The zero-order chi connectivity index (χ0) is 18.6. The molecule has 1 aromatic carbocycles. The van der Waals surface area contributed by atoms with E-state index in [0.717, 1.165) is 66.7 Å². The molecule has 4 rings (SSSR count). The van der Waals surface area contributed by atoms with Crippen LogP contribution < -0.4 is 10.2 Å². The number of benzene rings is 1. The number of hydrogen-bond acceptors (Lipinski definition) is 6. The molecule has 2 fully saturated rings. The van der Waals surface area contributed by atoms with E-state index in [-0.39, 0.29) is 5.91 Å². The first-order chi connectivity index (χ1) is 13.2. The Hall–Kier alpha value is -1.70. The Morgan fingerprint density at radius 3 is 2.78 bits per heavy atom. The van der Waals surface area contributed by atoms with Crippen LogP contribution in [-0.4, -0.2) is 67.8 Å².